The third-order valence-corrected chi connectivity index (χ3v) is 5.45. The van der Waals surface area contributed by atoms with E-state index in [0.717, 1.165) is 11.8 Å². The van der Waals surface area contributed by atoms with Crippen molar-refractivity contribution in [2.75, 3.05) is 6.61 Å². The summed E-state index contributed by atoms with van der Waals surface area (Å²) < 4.78 is 75.1. The van der Waals surface area contributed by atoms with E-state index < -0.39 is 40.4 Å². The number of rotatable bonds is 8. The van der Waals surface area contributed by atoms with Crippen LogP contribution in [0.1, 0.15) is 25.8 Å². The smallest absolute Gasteiger partial charge is 0.262 e. The van der Waals surface area contributed by atoms with Gasteiger partial charge in [-0.15, -0.1) is 0 Å². The summed E-state index contributed by atoms with van der Waals surface area (Å²) in [6, 6.07) is 6.56. The third-order valence-electron chi connectivity index (χ3n) is 4.45. The van der Waals surface area contributed by atoms with E-state index in [2.05, 4.69) is 4.98 Å². The molecule has 0 fully saturated rings. The summed E-state index contributed by atoms with van der Waals surface area (Å²) in [6.45, 7) is 4.33. The van der Waals surface area contributed by atoms with Gasteiger partial charge in [-0.25, -0.2) is 26.9 Å². The Hall–Kier alpha value is -2.46. The summed E-state index contributed by atoms with van der Waals surface area (Å²) in [6.07, 6.45) is 0.475. The van der Waals surface area contributed by atoms with Crippen molar-refractivity contribution in [2.24, 2.45) is 0 Å². The van der Waals surface area contributed by atoms with Gasteiger partial charge in [-0.1, -0.05) is 23.9 Å². The van der Waals surface area contributed by atoms with Crippen LogP contribution in [0.15, 0.2) is 34.2 Å². The first-order valence-electron chi connectivity index (χ1n) is 9.46. The first-order valence-corrected chi connectivity index (χ1v) is 10.4. The molecule has 1 heterocycles. The highest BCUT2D eigenvalue weighted by Crippen LogP contribution is 2.29. The molecule has 3 rings (SSSR count). The molecule has 0 amide bonds. The van der Waals surface area contributed by atoms with Gasteiger partial charge in [0, 0.05) is 24.5 Å². The van der Waals surface area contributed by atoms with Crippen molar-refractivity contribution < 1.29 is 26.7 Å². The molecule has 4 nitrogen and oxygen atoms in total. The molecule has 0 unspecified atom stereocenters. The summed E-state index contributed by atoms with van der Waals surface area (Å²) in [4.78, 5) is 17.3. The Bertz CT molecular complexity index is 1140. The third kappa shape index (κ3) is 4.90. The lowest BCUT2D eigenvalue weighted by molar-refractivity contribution is 0.0743. The number of thioether (sulfide) groups is 1. The molecule has 1 aromatic heterocycles. The Morgan fingerprint density at radius 3 is 2.26 bits per heavy atom. The monoisotopic (exact) mass is 458 g/mol. The van der Waals surface area contributed by atoms with E-state index in [0.29, 0.717) is 23.9 Å². The van der Waals surface area contributed by atoms with E-state index >= 15 is 0 Å². The second-order valence-corrected chi connectivity index (χ2v) is 7.92. The van der Waals surface area contributed by atoms with E-state index in [1.54, 1.807) is 24.3 Å². The fourth-order valence-corrected chi connectivity index (χ4v) is 3.93. The van der Waals surface area contributed by atoms with Gasteiger partial charge in [-0.2, -0.15) is 0 Å². The highest BCUT2D eigenvalue weighted by molar-refractivity contribution is 7.98. The molecule has 0 aliphatic rings. The van der Waals surface area contributed by atoms with Crippen molar-refractivity contribution in [3.8, 4) is 0 Å². The van der Waals surface area contributed by atoms with E-state index in [-0.39, 0.29) is 23.4 Å². The number of nitrogens with zero attached hydrogens (tertiary/aromatic N) is 2. The molecule has 31 heavy (non-hydrogen) atoms. The average Bonchev–Trinajstić information content (AvgIpc) is 2.75. The lowest BCUT2D eigenvalue weighted by atomic mass is 10.2. The van der Waals surface area contributed by atoms with Crippen LogP contribution in [0, 0.1) is 29.1 Å². The number of halogens is 5. The van der Waals surface area contributed by atoms with Crippen molar-refractivity contribution in [3.63, 3.8) is 0 Å². The van der Waals surface area contributed by atoms with Gasteiger partial charge in [0.05, 0.1) is 17.0 Å². The van der Waals surface area contributed by atoms with Crippen LogP contribution in [-0.2, 0) is 17.0 Å². The minimum atomic E-state index is -2.21. The highest BCUT2D eigenvalue weighted by atomic mass is 32.2. The lowest BCUT2D eigenvalue weighted by Crippen LogP contribution is -2.24. The SMILES string of the molecule is CC(C)OCCCn1c(SCc2c(F)c(F)c(F)c(F)c2F)nc2ccccc2c1=O. The summed E-state index contributed by atoms with van der Waals surface area (Å²) in [5.74, 6) is -10.6. The summed E-state index contributed by atoms with van der Waals surface area (Å²) in [5.41, 5.74) is -0.976. The van der Waals surface area contributed by atoms with Crippen molar-refractivity contribution in [1.82, 2.24) is 9.55 Å². The topological polar surface area (TPSA) is 44.1 Å². The molecule has 0 saturated carbocycles. The predicted molar refractivity (Wildman–Crippen MR) is 108 cm³/mol. The second kappa shape index (κ2) is 9.78. The van der Waals surface area contributed by atoms with Gasteiger partial charge in [0.25, 0.3) is 5.56 Å². The van der Waals surface area contributed by atoms with Crippen LogP contribution in [0.2, 0.25) is 0 Å². The normalized spacial score (nSPS) is 11.6. The maximum Gasteiger partial charge on any atom is 0.262 e. The van der Waals surface area contributed by atoms with Gasteiger partial charge in [0.2, 0.25) is 5.82 Å². The van der Waals surface area contributed by atoms with Gasteiger partial charge >= 0.3 is 0 Å². The Kier molecular flexibility index (Phi) is 7.32. The quantitative estimate of drug-likeness (QED) is 0.116. The van der Waals surface area contributed by atoms with Crippen molar-refractivity contribution in [1.29, 1.82) is 0 Å². The minimum Gasteiger partial charge on any atom is -0.379 e. The zero-order valence-corrected chi connectivity index (χ0v) is 17.5. The molecule has 10 heteroatoms. The number of benzene rings is 2. The van der Waals surface area contributed by atoms with Crippen LogP contribution in [0.4, 0.5) is 22.0 Å². The molecular formula is C21H19F5N2O2S. The van der Waals surface area contributed by atoms with Crippen LogP contribution in [-0.4, -0.2) is 22.3 Å². The first-order chi connectivity index (χ1) is 14.7. The van der Waals surface area contributed by atoms with Crippen molar-refractivity contribution >= 4 is 22.7 Å². The molecule has 2 aromatic carbocycles. The summed E-state index contributed by atoms with van der Waals surface area (Å²) >= 11 is 0.720. The average molecular weight is 458 g/mol. The van der Waals surface area contributed by atoms with Gasteiger partial charge in [-0.05, 0) is 32.4 Å². The molecule has 0 spiro atoms. The fraction of sp³-hybridized carbons (Fsp3) is 0.333. The molecule has 0 aliphatic heterocycles. The number of para-hydroxylation sites is 1. The number of hydrogen-bond donors (Lipinski definition) is 0. The Morgan fingerprint density at radius 2 is 1.61 bits per heavy atom. The molecule has 0 radical (unpaired) electrons. The molecule has 0 bridgehead atoms. The van der Waals surface area contributed by atoms with E-state index in [9.17, 15) is 26.7 Å². The number of aromatic nitrogens is 2. The number of ether oxygens (including phenoxy) is 1. The Balaban J connectivity index is 1.96. The van der Waals surface area contributed by atoms with Crippen LogP contribution >= 0.6 is 11.8 Å². The van der Waals surface area contributed by atoms with E-state index in [1.165, 1.54) is 4.57 Å². The molecule has 0 saturated heterocycles. The van der Waals surface area contributed by atoms with E-state index in [1.807, 2.05) is 13.8 Å². The predicted octanol–water partition coefficient (Wildman–Crippen LogP) is 5.20. The van der Waals surface area contributed by atoms with Gasteiger partial charge in [-0.3, -0.25) is 9.36 Å². The maximum atomic E-state index is 14.0. The van der Waals surface area contributed by atoms with Crippen LogP contribution < -0.4 is 5.56 Å². The molecule has 0 N–H and O–H groups in total. The van der Waals surface area contributed by atoms with Crippen LogP contribution in [0.25, 0.3) is 10.9 Å². The second-order valence-electron chi connectivity index (χ2n) is 6.98. The molecular weight excluding hydrogens is 439 g/mol. The number of hydrogen-bond acceptors (Lipinski definition) is 4. The number of fused-ring (bicyclic) bond motifs is 1. The Labute approximate surface area is 179 Å². The zero-order chi connectivity index (χ0) is 22.7. The molecule has 3 aromatic rings. The molecule has 0 aliphatic carbocycles. The Morgan fingerprint density at radius 1 is 1.00 bits per heavy atom. The molecule has 166 valence electrons. The van der Waals surface area contributed by atoms with Crippen molar-refractivity contribution in [2.45, 2.75) is 43.8 Å². The van der Waals surface area contributed by atoms with E-state index in [4.69, 9.17) is 4.74 Å². The van der Waals surface area contributed by atoms with Crippen LogP contribution in [0.3, 0.4) is 0 Å². The summed E-state index contributed by atoms with van der Waals surface area (Å²) in [7, 11) is 0. The fourth-order valence-electron chi connectivity index (χ4n) is 2.91. The zero-order valence-electron chi connectivity index (χ0n) is 16.7. The largest absolute Gasteiger partial charge is 0.379 e. The van der Waals surface area contributed by atoms with Crippen LogP contribution in [0.5, 0.6) is 0 Å². The van der Waals surface area contributed by atoms with Gasteiger partial charge in [0.1, 0.15) is 0 Å². The van der Waals surface area contributed by atoms with Gasteiger partial charge < -0.3 is 4.74 Å². The lowest BCUT2D eigenvalue weighted by Gasteiger charge is -2.14. The highest BCUT2D eigenvalue weighted by Gasteiger charge is 2.26. The minimum absolute atomic E-state index is 0.00881. The molecule has 0 atom stereocenters. The maximum absolute atomic E-state index is 14.0. The van der Waals surface area contributed by atoms with Gasteiger partial charge in [0.15, 0.2) is 28.4 Å². The standard InChI is InChI=1S/C21H19F5N2O2S/c1-11(2)30-9-5-8-28-20(29)12-6-3-4-7-14(12)27-21(28)31-10-13-15(22)17(24)19(26)18(25)16(13)23/h3-4,6-7,11H,5,8-10H2,1-2H3. The van der Waals surface area contributed by atoms with Crippen molar-refractivity contribution in [3.05, 3.63) is 69.3 Å². The first kappa shape index (κ1) is 23.2. The summed E-state index contributed by atoms with van der Waals surface area (Å²) in [5, 5.41) is 0.463.